The highest BCUT2D eigenvalue weighted by Gasteiger charge is 2.21. The predicted octanol–water partition coefficient (Wildman–Crippen LogP) is 2.34. The summed E-state index contributed by atoms with van der Waals surface area (Å²) in [5.74, 6) is 2.85. The molecule has 2 fully saturated rings. The largest absolute Gasteiger partial charge is 0.378 e. The van der Waals surface area contributed by atoms with Gasteiger partial charge in [-0.15, -0.1) is 0 Å². The Hall–Kier alpha value is -3.07. The normalized spacial score (nSPS) is 17.7. The molecule has 0 bridgehead atoms. The minimum atomic E-state index is 0.604. The van der Waals surface area contributed by atoms with Crippen molar-refractivity contribution in [2.45, 2.75) is 25.7 Å². The maximum Gasteiger partial charge on any atom is 0.230 e. The Labute approximate surface area is 175 Å². The number of aromatic nitrogens is 6. The topological polar surface area (TPSA) is 85.1 Å². The molecular formula is C21H26N8O. The zero-order chi connectivity index (χ0) is 20.2. The fraction of sp³-hybridized carbons (Fsp3) is 0.476. The molecule has 9 nitrogen and oxygen atoms in total. The number of nitrogens with zero attached hydrogens (tertiary/aromatic N) is 8. The van der Waals surface area contributed by atoms with Gasteiger partial charge in [-0.1, -0.05) is 18.9 Å². The lowest BCUT2D eigenvalue weighted by Crippen LogP contribution is -2.38. The van der Waals surface area contributed by atoms with Crippen LogP contribution in [0.4, 0.5) is 11.9 Å². The highest BCUT2D eigenvalue weighted by Crippen LogP contribution is 2.23. The fourth-order valence-corrected chi connectivity index (χ4v) is 3.87. The Morgan fingerprint density at radius 2 is 1.50 bits per heavy atom. The van der Waals surface area contributed by atoms with E-state index in [1.807, 2.05) is 29.0 Å². The highest BCUT2D eigenvalue weighted by atomic mass is 16.5. The second-order valence-corrected chi connectivity index (χ2v) is 7.61. The van der Waals surface area contributed by atoms with Gasteiger partial charge in [0.05, 0.1) is 13.2 Å². The molecule has 3 aromatic heterocycles. The molecule has 30 heavy (non-hydrogen) atoms. The molecule has 2 aliphatic heterocycles. The van der Waals surface area contributed by atoms with Crippen molar-refractivity contribution in [1.29, 1.82) is 0 Å². The molecule has 0 atom stereocenters. The van der Waals surface area contributed by atoms with Crippen molar-refractivity contribution >= 4 is 11.9 Å². The number of morpholine rings is 1. The van der Waals surface area contributed by atoms with Gasteiger partial charge in [0.25, 0.3) is 0 Å². The minimum Gasteiger partial charge on any atom is -0.378 e. The molecule has 0 saturated carbocycles. The first-order valence-electron chi connectivity index (χ1n) is 10.7. The SMILES string of the molecule is c1cc(-c2nc(N3CCCCCC3)nc(N3CCOCC3)n2)nc(-n2ccnc2)c1. The van der Waals surface area contributed by atoms with Crippen molar-refractivity contribution in [3.63, 3.8) is 0 Å². The molecule has 3 aromatic rings. The standard InChI is InChI=1S/C21H26N8O/c1-2-4-10-27(9-3-1)20-24-19(25-21(26-20)28-12-14-30-15-13-28)17-6-5-7-18(23-17)29-11-8-22-16-29/h5-8,11,16H,1-4,9-10,12-15H2. The van der Waals surface area contributed by atoms with E-state index in [1.165, 1.54) is 25.7 Å². The van der Waals surface area contributed by atoms with Crippen LogP contribution in [0.2, 0.25) is 0 Å². The quantitative estimate of drug-likeness (QED) is 0.653. The third kappa shape index (κ3) is 4.11. The van der Waals surface area contributed by atoms with Crippen LogP contribution in [-0.2, 0) is 4.74 Å². The van der Waals surface area contributed by atoms with Crippen molar-refractivity contribution in [3.8, 4) is 17.3 Å². The molecule has 5 heterocycles. The summed E-state index contributed by atoms with van der Waals surface area (Å²) >= 11 is 0. The van der Waals surface area contributed by atoms with Crippen molar-refractivity contribution in [3.05, 3.63) is 36.9 Å². The van der Waals surface area contributed by atoms with Gasteiger partial charge in [0.1, 0.15) is 17.8 Å². The van der Waals surface area contributed by atoms with E-state index < -0.39 is 0 Å². The second-order valence-electron chi connectivity index (χ2n) is 7.61. The molecular weight excluding hydrogens is 380 g/mol. The first-order valence-corrected chi connectivity index (χ1v) is 10.7. The van der Waals surface area contributed by atoms with E-state index in [2.05, 4.69) is 14.8 Å². The van der Waals surface area contributed by atoms with Gasteiger partial charge >= 0.3 is 0 Å². The molecule has 156 valence electrons. The summed E-state index contributed by atoms with van der Waals surface area (Å²) in [7, 11) is 0. The van der Waals surface area contributed by atoms with Crippen molar-refractivity contribution in [2.24, 2.45) is 0 Å². The molecule has 0 aliphatic carbocycles. The van der Waals surface area contributed by atoms with Crippen LogP contribution >= 0.6 is 0 Å². The van der Waals surface area contributed by atoms with E-state index in [0.717, 1.165) is 43.6 Å². The molecule has 0 amide bonds. The summed E-state index contributed by atoms with van der Waals surface area (Å²) in [6, 6.07) is 5.87. The van der Waals surface area contributed by atoms with E-state index in [4.69, 9.17) is 24.7 Å². The Morgan fingerprint density at radius 1 is 0.767 bits per heavy atom. The van der Waals surface area contributed by atoms with Crippen LogP contribution in [0.15, 0.2) is 36.9 Å². The van der Waals surface area contributed by atoms with E-state index in [-0.39, 0.29) is 0 Å². The smallest absolute Gasteiger partial charge is 0.230 e. The van der Waals surface area contributed by atoms with Crippen molar-refractivity contribution in [2.75, 3.05) is 49.2 Å². The van der Waals surface area contributed by atoms with Crippen LogP contribution in [0.1, 0.15) is 25.7 Å². The van der Waals surface area contributed by atoms with Gasteiger partial charge in [0.15, 0.2) is 5.82 Å². The zero-order valence-electron chi connectivity index (χ0n) is 17.0. The summed E-state index contributed by atoms with van der Waals surface area (Å²) in [6.45, 7) is 4.91. The van der Waals surface area contributed by atoms with Gasteiger partial charge in [-0.3, -0.25) is 4.57 Å². The Kier molecular flexibility index (Phi) is 5.52. The van der Waals surface area contributed by atoms with Crippen molar-refractivity contribution in [1.82, 2.24) is 29.5 Å². The number of imidazole rings is 1. The van der Waals surface area contributed by atoms with Crippen molar-refractivity contribution < 1.29 is 4.74 Å². The first kappa shape index (κ1) is 18.9. The summed E-state index contributed by atoms with van der Waals surface area (Å²) in [6.07, 6.45) is 10.2. The van der Waals surface area contributed by atoms with Gasteiger partial charge in [0, 0.05) is 38.6 Å². The van der Waals surface area contributed by atoms with E-state index in [1.54, 1.807) is 12.5 Å². The average Bonchev–Trinajstić information content (AvgIpc) is 3.22. The molecule has 9 heteroatoms. The van der Waals surface area contributed by atoms with E-state index >= 15 is 0 Å². The summed E-state index contributed by atoms with van der Waals surface area (Å²) in [4.78, 5) is 27.9. The third-order valence-electron chi connectivity index (χ3n) is 5.53. The fourth-order valence-electron chi connectivity index (χ4n) is 3.87. The summed E-state index contributed by atoms with van der Waals surface area (Å²) < 4.78 is 7.39. The summed E-state index contributed by atoms with van der Waals surface area (Å²) in [5, 5.41) is 0. The van der Waals surface area contributed by atoms with Crippen LogP contribution in [0.5, 0.6) is 0 Å². The van der Waals surface area contributed by atoms with Gasteiger partial charge in [-0.05, 0) is 25.0 Å². The first-order chi connectivity index (χ1) is 14.9. The summed E-state index contributed by atoms with van der Waals surface area (Å²) in [5.41, 5.74) is 0.731. The molecule has 5 rings (SSSR count). The number of ether oxygens (including phenoxy) is 1. The third-order valence-corrected chi connectivity index (χ3v) is 5.53. The van der Waals surface area contributed by atoms with Crippen LogP contribution in [0.3, 0.4) is 0 Å². The molecule has 0 N–H and O–H groups in total. The van der Waals surface area contributed by atoms with Crippen LogP contribution in [-0.4, -0.2) is 68.9 Å². The average molecular weight is 406 g/mol. The maximum atomic E-state index is 5.51. The Bertz CT molecular complexity index is 963. The zero-order valence-corrected chi connectivity index (χ0v) is 17.0. The van der Waals surface area contributed by atoms with Crippen LogP contribution < -0.4 is 9.80 Å². The molecule has 0 unspecified atom stereocenters. The minimum absolute atomic E-state index is 0.604. The molecule has 0 spiro atoms. The van der Waals surface area contributed by atoms with E-state index in [9.17, 15) is 0 Å². The lowest BCUT2D eigenvalue weighted by Gasteiger charge is -2.28. The number of rotatable bonds is 4. The van der Waals surface area contributed by atoms with Crippen LogP contribution in [0, 0.1) is 0 Å². The number of hydrogen-bond donors (Lipinski definition) is 0. The van der Waals surface area contributed by atoms with Gasteiger partial charge in [-0.25, -0.2) is 9.97 Å². The Morgan fingerprint density at radius 3 is 2.20 bits per heavy atom. The molecule has 2 saturated heterocycles. The Balaban J connectivity index is 1.54. The molecule has 2 aliphatic rings. The van der Waals surface area contributed by atoms with Gasteiger partial charge < -0.3 is 14.5 Å². The lowest BCUT2D eigenvalue weighted by atomic mass is 10.2. The number of hydrogen-bond acceptors (Lipinski definition) is 8. The van der Waals surface area contributed by atoms with Crippen LogP contribution in [0.25, 0.3) is 17.3 Å². The van der Waals surface area contributed by atoms with E-state index in [0.29, 0.717) is 25.0 Å². The lowest BCUT2D eigenvalue weighted by molar-refractivity contribution is 0.122. The molecule has 0 radical (unpaired) electrons. The second kappa shape index (κ2) is 8.74. The van der Waals surface area contributed by atoms with Gasteiger partial charge in [-0.2, -0.15) is 15.0 Å². The number of anilines is 2. The van der Waals surface area contributed by atoms with Gasteiger partial charge in [0.2, 0.25) is 11.9 Å². The maximum absolute atomic E-state index is 5.51. The number of pyridine rings is 1. The molecule has 0 aromatic carbocycles. The predicted molar refractivity (Wildman–Crippen MR) is 114 cm³/mol. The monoisotopic (exact) mass is 406 g/mol. The highest BCUT2D eigenvalue weighted by molar-refractivity contribution is 5.56.